The number of amides is 1. The SMILES string of the molecule is COCCNCCNC(=O)CNS(=O)(=O)c1cccs1.Cl. The highest BCUT2D eigenvalue weighted by molar-refractivity contribution is 7.91. The molecule has 1 aromatic heterocycles. The van der Waals surface area contributed by atoms with E-state index in [1.807, 2.05) is 0 Å². The summed E-state index contributed by atoms with van der Waals surface area (Å²) in [4.78, 5) is 11.5. The second kappa shape index (κ2) is 10.9. The average molecular weight is 358 g/mol. The van der Waals surface area contributed by atoms with Gasteiger partial charge in [0.15, 0.2) is 0 Å². The number of carbonyl (C=O) groups excluding carboxylic acids is 1. The van der Waals surface area contributed by atoms with Gasteiger partial charge >= 0.3 is 0 Å². The number of thiophene rings is 1. The molecule has 0 bridgehead atoms. The molecule has 3 N–H and O–H groups in total. The highest BCUT2D eigenvalue weighted by Gasteiger charge is 2.15. The number of hydrogen-bond acceptors (Lipinski definition) is 6. The second-order valence-corrected chi connectivity index (χ2v) is 6.79. The van der Waals surface area contributed by atoms with E-state index in [9.17, 15) is 13.2 Å². The number of methoxy groups -OCH3 is 1. The maximum absolute atomic E-state index is 11.7. The first kappa shape index (κ1) is 20.3. The van der Waals surface area contributed by atoms with E-state index in [2.05, 4.69) is 15.4 Å². The highest BCUT2D eigenvalue weighted by Crippen LogP contribution is 2.14. The first-order valence-electron chi connectivity index (χ1n) is 6.06. The van der Waals surface area contributed by atoms with E-state index in [1.165, 1.54) is 6.07 Å². The third-order valence-electron chi connectivity index (χ3n) is 2.29. The van der Waals surface area contributed by atoms with Crippen molar-refractivity contribution in [2.75, 3.05) is 39.9 Å². The molecular formula is C11H20ClN3O4S2. The Morgan fingerprint density at radius 1 is 1.33 bits per heavy atom. The van der Waals surface area contributed by atoms with Gasteiger partial charge in [0, 0.05) is 26.7 Å². The standard InChI is InChI=1S/C11H19N3O4S2.ClH/c1-18-7-6-12-4-5-13-10(15)9-14-20(16,17)11-3-2-8-19-11;/h2-3,8,12,14H,4-7,9H2,1H3,(H,13,15);1H. The molecule has 1 aromatic rings. The number of sulfonamides is 1. The molecule has 7 nitrogen and oxygen atoms in total. The minimum Gasteiger partial charge on any atom is -0.383 e. The molecule has 0 atom stereocenters. The van der Waals surface area contributed by atoms with Crippen LogP contribution in [-0.4, -0.2) is 54.2 Å². The van der Waals surface area contributed by atoms with Gasteiger partial charge in [-0.3, -0.25) is 4.79 Å². The van der Waals surface area contributed by atoms with E-state index in [4.69, 9.17) is 4.74 Å². The summed E-state index contributed by atoms with van der Waals surface area (Å²) in [5, 5.41) is 7.34. The molecule has 0 fully saturated rings. The number of rotatable bonds is 10. The zero-order valence-electron chi connectivity index (χ0n) is 11.6. The smallest absolute Gasteiger partial charge is 0.250 e. The molecule has 122 valence electrons. The topological polar surface area (TPSA) is 96.5 Å². The molecule has 0 radical (unpaired) electrons. The Balaban J connectivity index is 0.00000400. The molecule has 0 aliphatic rings. The van der Waals surface area contributed by atoms with Crippen molar-refractivity contribution in [3.05, 3.63) is 17.5 Å². The number of halogens is 1. The van der Waals surface area contributed by atoms with Crippen LogP contribution in [0, 0.1) is 0 Å². The summed E-state index contributed by atoms with van der Waals surface area (Å²) < 4.78 is 30.8. The lowest BCUT2D eigenvalue weighted by atomic mass is 10.5. The molecule has 0 unspecified atom stereocenters. The van der Waals surface area contributed by atoms with Gasteiger partial charge < -0.3 is 15.4 Å². The predicted octanol–water partition coefficient (Wildman–Crippen LogP) is -0.200. The average Bonchev–Trinajstić information content (AvgIpc) is 2.95. The molecule has 1 heterocycles. The molecule has 0 saturated heterocycles. The minimum atomic E-state index is -3.58. The fraction of sp³-hybridized carbons (Fsp3) is 0.545. The Bertz CT molecular complexity index is 494. The van der Waals surface area contributed by atoms with Crippen molar-refractivity contribution in [3.63, 3.8) is 0 Å². The van der Waals surface area contributed by atoms with Crippen molar-refractivity contribution < 1.29 is 17.9 Å². The van der Waals surface area contributed by atoms with Gasteiger partial charge in [-0.05, 0) is 11.4 Å². The molecule has 0 aliphatic heterocycles. The van der Waals surface area contributed by atoms with E-state index >= 15 is 0 Å². The summed E-state index contributed by atoms with van der Waals surface area (Å²) in [6, 6.07) is 3.13. The van der Waals surface area contributed by atoms with Crippen molar-refractivity contribution in [2.24, 2.45) is 0 Å². The molecule has 21 heavy (non-hydrogen) atoms. The first-order valence-corrected chi connectivity index (χ1v) is 8.42. The van der Waals surface area contributed by atoms with E-state index in [1.54, 1.807) is 18.6 Å². The number of ether oxygens (including phenoxy) is 1. The second-order valence-electron chi connectivity index (χ2n) is 3.85. The Morgan fingerprint density at radius 3 is 2.71 bits per heavy atom. The van der Waals surface area contributed by atoms with Crippen LogP contribution in [0.2, 0.25) is 0 Å². The van der Waals surface area contributed by atoms with Gasteiger partial charge in [0.05, 0.1) is 13.2 Å². The van der Waals surface area contributed by atoms with Crippen LogP contribution < -0.4 is 15.4 Å². The summed E-state index contributed by atoms with van der Waals surface area (Å²) >= 11 is 1.11. The largest absolute Gasteiger partial charge is 0.383 e. The van der Waals surface area contributed by atoms with Crippen molar-refractivity contribution in [2.45, 2.75) is 4.21 Å². The maximum atomic E-state index is 11.7. The molecule has 10 heteroatoms. The van der Waals surface area contributed by atoms with Gasteiger partial charge in [-0.1, -0.05) is 6.07 Å². The van der Waals surface area contributed by atoms with Gasteiger partial charge in [0.1, 0.15) is 4.21 Å². The molecule has 0 aliphatic carbocycles. The van der Waals surface area contributed by atoms with E-state index < -0.39 is 10.0 Å². The minimum absolute atomic E-state index is 0. The van der Waals surface area contributed by atoms with Crippen LogP contribution in [0.25, 0.3) is 0 Å². The van der Waals surface area contributed by atoms with Crippen molar-refractivity contribution in [3.8, 4) is 0 Å². The van der Waals surface area contributed by atoms with Crippen molar-refractivity contribution >= 4 is 39.7 Å². The molecule has 0 spiro atoms. The van der Waals surface area contributed by atoms with Gasteiger partial charge in [0.2, 0.25) is 5.91 Å². The van der Waals surface area contributed by atoms with Crippen LogP contribution in [-0.2, 0) is 19.6 Å². The van der Waals surface area contributed by atoms with Crippen LogP contribution in [0.3, 0.4) is 0 Å². The quantitative estimate of drug-likeness (QED) is 0.504. The van der Waals surface area contributed by atoms with Crippen molar-refractivity contribution in [1.29, 1.82) is 0 Å². The van der Waals surface area contributed by atoms with Gasteiger partial charge in [-0.15, -0.1) is 23.7 Å². The van der Waals surface area contributed by atoms with Crippen molar-refractivity contribution in [1.82, 2.24) is 15.4 Å². The third-order valence-corrected chi connectivity index (χ3v) is 5.09. The maximum Gasteiger partial charge on any atom is 0.250 e. The summed E-state index contributed by atoms with van der Waals surface area (Å²) in [7, 11) is -1.96. The zero-order valence-corrected chi connectivity index (χ0v) is 14.1. The molecule has 0 saturated carbocycles. The third kappa shape index (κ3) is 8.34. The van der Waals surface area contributed by atoms with Gasteiger partial charge in [0.25, 0.3) is 10.0 Å². The van der Waals surface area contributed by atoms with Crippen LogP contribution in [0.5, 0.6) is 0 Å². The molecule has 1 rings (SSSR count). The molecular weight excluding hydrogens is 338 g/mol. The predicted molar refractivity (Wildman–Crippen MR) is 84.5 cm³/mol. The van der Waals surface area contributed by atoms with Gasteiger partial charge in [-0.25, -0.2) is 13.1 Å². The number of carbonyl (C=O) groups is 1. The highest BCUT2D eigenvalue weighted by atomic mass is 35.5. The lowest BCUT2D eigenvalue weighted by Crippen LogP contribution is -2.39. The van der Waals surface area contributed by atoms with Gasteiger partial charge in [-0.2, -0.15) is 0 Å². The van der Waals surface area contributed by atoms with E-state index in [0.29, 0.717) is 26.2 Å². The summed E-state index contributed by atoms with van der Waals surface area (Å²) in [6.07, 6.45) is 0. The summed E-state index contributed by atoms with van der Waals surface area (Å²) in [5.41, 5.74) is 0. The summed E-state index contributed by atoms with van der Waals surface area (Å²) in [5.74, 6) is -0.362. The monoisotopic (exact) mass is 357 g/mol. The molecule has 1 amide bonds. The van der Waals surface area contributed by atoms with E-state index in [0.717, 1.165) is 11.3 Å². The Kier molecular flexibility index (Phi) is 10.6. The Hall–Kier alpha value is -0.710. The Labute approximate surface area is 134 Å². The lowest BCUT2D eigenvalue weighted by molar-refractivity contribution is -0.119. The normalized spacial score (nSPS) is 10.9. The number of hydrogen-bond donors (Lipinski definition) is 3. The number of nitrogens with one attached hydrogen (secondary N) is 3. The first-order chi connectivity index (χ1) is 9.56. The fourth-order valence-electron chi connectivity index (χ4n) is 1.30. The lowest BCUT2D eigenvalue weighted by Gasteiger charge is -2.07. The van der Waals surface area contributed by atoms with Crippen LogP contribution in [0.15, 0.2) is 21.7 Å². The molecule has 0 aromatic carbocycles. The Morgan fingerprint density at radius 2 is 2.10 bits per heavy atom. The van der Waals surface area contributed by atoms with Crippen LogP contribution >= 0.6 is 23.7 Å². The fourth-order valence-corrected chi connectivity index (χ4v) is 3.32. The van der Waals surface area contributed by atoms with E-state index in [-0.39, 0.29) is 29.1 Å². The van der Waals surface area contributed by atoms with Crippen LogP contribution in [0.1, 0.15) is 0 Å². The van der Waals surface area contributed by atoms with Crippen LogP contribution in [0.4, 0.5) is 0 Å². The summed E-state index contributed by atoms with van der Waals surface area (Å²) in [6.45, 7) is 2.08. The zero-order chi connectivity index (χ0) is 14.8.